The molecule has 0 saturated heterocycles. The van der Waals surface area contributed by atoms with E-state index in [0.717, 1.165) is 5.69 Å². The highest BCUT2D eigenvalue weighted by Crippen LogP contribution is 2.48. The molecule has 2 nitrogen and oxygen atoms in total. The average molecular weight is 685 g/mol. The van der Waals surface area contributed by atoms with Gasteiger partial charge in [0.2, 0.25) is 0 Å². The summed E-state index contributed by atoms with van der Waals surface area (Å²) in [5, 5.41) is 7.69. The van der Waals surface area contributed by atoms with Crippen molar-refractivity contribution in [3.63, 3.8) is 0 Å². The van der Waals surface area contributed by atoms with Gasteiger partial charge in [-0.05, 0) is 116 Å². The molecule has 9 aromatic carbocycles. The van der Waals surface area contributed by atoms with E-state index in [1.54, 1.807) is 0 Å². The normalized spacial score (nSPS) is 12.1. The Kier molecular flexibility index (Phi) is 6.09. The number of rotatable bonds is 4. The van der Waals surface area contributed by atoms with Gasteiger partial charge in [-0.15, -0.1) is 0 Å². The molecule has 0 aliphatic heterocycles. The van der Waals surface area contributed by atoms with Crippen molar-refractivity contribution in [1.29, 1.82) is 0 Å². The van der Waals surface area contributed by atoms with Gasteiger partial charge in [0.15, 0.2) is 0 Å². The van der Waals surface area contributed by atoms with Crippen molar-refractivity contribution in [2.24, 2.45) is 0 Å². The fourth-order valence-corrected chi connectivity index (χ4v) is 9.22. The molecular formula is C52H32N2. The molecule has 2 heterocycles. The summed E-state index contributed by atoms with van der Waals surface area (Å²) in [7, 11) is 0. The third kappa shape index (κ3) is 4.17. The van der Waals surface area contributed by atoms with Gasteiger partial charge in [0.1, 0.15) is 0 Å². The van der Waals surface area contributed by atoms with Crippen molar-refractivity contribution in [2.75, 3.05) is 0 Å². The lowest BCUT2D eigenvalue weighted by Gasteiger charge is -2.12. The highest BCUT2D eigenvalue weighted by molar-refractivity contribution is 6.17. The smallest absolute Gasteiger partial charge is 0.0547 e. The SMILES string of the molecule is c1ccc(-n2c3ccccc3c3ccc(-c4ccc5c6ccccc6n(-c6ccc(-c7cc8c9c(cccc9c7)-c7ccccc7-8)cc6)c5c4)cc32)cc1. The summed E-state index contributed by atoms with van der Waals surface area (Å²) in [5.41, 5.74) is 17.3. The minimum Gasteiger partial charge on any atom is -0.309 e. The van der Waals surface area contributed by atoms with Crippen LogP contribution in [0.5, 0.6) is 0 Å². The number of hydrogen-bond acceptors (Lipinski definition) is 0. The van der Waals surface area contributed by atoms with Crippen molar-refractivity contribution in [3.05, 3.63) is 194 Å². The molecule has 0 spiro atoms. The molecule has 54 heavy (non-hydrogen) atoms. The molecule has 0 radical (unpaired) electrons. The van der Waals surface area contributed by atoms with Gasteiger partial charge >= 0.3 is 0 Å². The van der Waals surface area contributed by atoms with E-state index in [2.05, 4.69) is 203 Å². The first-order valence-electron chi connectivity index (χ1n) is 18.7. The maximum absolute atomic E-state index is 2.43. The zero-order valence-electron chi connectivity index (χ0n) is 29.4. The Bertz CT molecular complexity index is 3310. The second-order valence-electron chi connectivity index (χ2n) is 14.5. The van der Waals surface area contributed by atoms with Crippen LogP contribution in [0.2, 0.25) is 0 Å². The minimum absolute atomic E-state index is 1.15. The molecular weight excluding hydrogens is 653 g/mol. The molecule has 250 valence electrons. The predicted molar refractivity (Wildman–Crippen MR) is 228 cm³/mol. The van der Waals surface area contributed by atoms with Crippen molar-refractivity contribution in [3.8, 4) is 55.9 Å². The van der Waals surface area contributed by atoms with Crippen LogP contribution in [0.1, 0.15) is 0 Å². The van der Waals surface area contributed by atoms with Crippen LogP contribution in [-0.4, -0.2) is 9.13 Å². The highest BCUT2D eigenvalue weighted by Gasteiger charge is 2.22. The Labute approximate surface area is 312 Å². The van der Waals surface area contributed by atoms with Gasteiger partial charge in [0, 0.05) is 32.9 Å². The van der Waals surface area contributed by atoms with Crippen LogP contribution in [0.25, 0.3) is 110 Å². The van der Waals surface area contributed by atoms with Crippen molar-refractivity contribution < 1.29 is 0 Å². The molecule has 2 heteroatoms. The lowest BCUT2D eigenvalue weighted by Crippen LogP contribution is -1.94. The first-order chi connectivity index (χ1) is 26.8. The van der Waals surface area contributed by atoms with E-state index in [0.29, 0.717) is 0 Å². The molecule has 1 aliphatic rings. The van der Waals surface area contributed by atoms with Crippen molar-refractivity contribution in [2.45, 2.75) is 0 Å². The summed E-state index contributed by atoms with van der Waals surface area (Å²) in [6.07, 6.45) is 0. The standard InChI is InChI=1S/C52H32N2/c1-2-12-38(13-3-1)53-48-19-8-6-16-42(48)44-27-23-34(31-50(44)53)35-24-28-45-43-17-7-9-20-49(43)54(51(45)32-35)39-25-21-33(22-26-39)37-29-36-11-10-18-46-40-14-4-5-15-41(40)47(30-37)52(36)46/h1-32H. The van der Waals surface area contributed by atoms with E-state index in [4.69, 9.17) is 0 Å². The van der Waals surface area contributed by atoms with E-state index < -0.39 is 0 Å². The number of hydrogen-bond donors (Lipinski definition) is 0. The lowest BCUT2D eigenvalue weighted by molar-refractivity contribution is 1.18. The van der Waals surface area contributed by atoms with Crippen LogP contribution in [0.3, 0.4) is 0 Å². The van der Waals surface area contributed by atoms with Gasteiger partial charge in [-0.3, -0.25) is 0 Å². The van der Waals surface area contributed by atoms with Gasteiger partial charge in [0.05, 0.1) is 22.1 Å². The van der Waals surface area contributed by atoms with E-state index in [1.807, 2.05) is 0 Å². The molecule has 0 saturated carbocycles. The summed E-state index contributed by atoms with van der Waals surface area (Å²) in [6, 6.07) is 71.5. The predicted octanol–water partition coefficient (Wildman–Crippen LogP) is 14.0. The Hall–Kier alpha value is -7.16. The lowest BCUT2D eigenvalue weighted by atomic mass is 9.96. The first kappa shape index (κ1) is 29.4. The van der Waals surface area contributed by atoms with E-state index >= 15 is 0 Å². The van der Waals surface area contributed by atoms with Gasteiger partial charge in [0.25, 0.3) is 0 Å². The van der Waals surface area contributed by atoms with Crippen LogP contribution < -0.4 is 0 Å². The maximum Gasteiger partial charge on any atom is 0.0547 e. The second-order valence-corrected chi connectivity index (χ2v) is 14.5. The fourth-order valence-electron chi connectivity index (χ4n) is 9.22. The number of fused-ring (bicyclic) bond motifs is 9. The Balaban J connectivity index is 1.00. The fraction of sp³-hybridized carbons (Fsp3) is 0. The van der Waals surface area contributed by atoms with Gasteiger partial charge in [-0.1, -0.05) is 133 Å². The van der Waals surface area contributed by atoms with Crippen molar-refractivity contribution >= 4 is 54.4 Å². The largest absolute Gasteiger partial charge is 0.309 e. The molecule has 0 fully saturated rings. The third-order valence-electron chi connectivity index (χ3n) is 11.6. The van der Waals surface area contributed by atoms with E-state index in [1.165, 1.54) is 105 Å². The Morgan fingerprint density at radius 1 is 0.259 bits per heavy atom. The number of para-hydroxylation sites is 3. The second kappa shape index (κ2) is 11.2. The zero-order valence-corrected chi connectivity index (χ0v) is 29.4. The molecule has 1 aliphatic carbocycles. The molecule has 2 aromatic heterocycles. The summed E-state index contributed by atoms with van der Waals surface area (Å²) in [6.45, 7) is 0. The van der Waals surface area contributed by atoms with Crippen LogP contribution in [0.4, 0.5) is 0 Å². The van der Waals surface area contributed by atoms with Crippen LogP contribution in [0, 0.1) is 0 Å². The maximum atomic E-state index is 2.43. The quantitative estimate of drug-likeness (QED) is 0.175. The summed E-state index contributed by atoms with van der Waals surface area (Å²) in [4.78, 5) is 0. The molecule has 0 atom stereocenters. The van der Waals surface area contributed by atoms with E-state index in [-0.39, 0.29) is 0 Å². The summed E-state index contributed by atoms with van der Waals surface area (Å²) < 4.78 is 4.83. The monoisotopic (exact) mass is 684 g/mol. The number of nitrogens with zero attached hydrogens (tertiary/aromatic N) is 2. The van der Waals surface area contributed by atoms with E-state index in [9.17, 15) is 0 Å². The van der Waals surface area contributed by atoms with Crippen LogP contribution in [-0.2, 0) is 0 Å². The number of benzene rings is 9. The summed E-state index contributed by atoms with van der Waals surface area (Å²) in [5.74, 6) is 0. The Morgan fingerprint density at radius 2 is 0.759 bits per heavy atom. The molecule has 0 unspecified atom stereocenters. The van der Waals surface area contributed by atoms with Crippen molar-refractivity contribution in [1.82, 2.24) is 9.13 Å². The first-order valence-corrected chi connectivity index (χ1v) is 18.7. The Morgan fingerprint density at radius 3 is 1.41 bits per heavy atom. The molecule has 0 amide bonds. The van der Waals surface area contributed by atoms with Crippen LogP contribution >= 0.6 is 0 Å². The molecule has 0 N–H and O–H groups in total. The minimum atomic E-state index is 1.15. The highest BCUT2D eigenvalue weighted by atomic mass is 15.0. The summed E-state index contributed by atoms with van der Waals surface area (Å²) >= 11 is 0. The van der Waals surface area contributed by atoms with Crippen LogP contribution in [0.15, 0.2) is 194 Å². The molecule has 11 aromatic rings. The third-order valence-corrected chi connectivity index (χ3v) is 11.6. The zero-order chi connectivity index (χ0) is 35.3. The topological polar surface area (TPSA) is 9.86 Å². The van der Waals surface area contributed by atoms with Gasteiger partial charge < -0.3 is 9.13 Å². The van der Waals surface area contributed by atoms with Gasteiger partial charge in [-0.2, -0.15) is 0 Å². The molecule has 12 rings (SSSR count). The number of aromatic nitrogens is 2. The van der Waals surface area contributed by atoms with Gasteiger partial charge in [-0.25, -0.2) is 0 Å². The average Bonchev–Trinajstić information content (AvgIpc) is 3.87. The molecule has 0 bridgehead atoms.